The van der Waals surface area contributed by atoms with Gasteiger partial charge in [0.1, 0.15) is 48.3 Å². The number of nitrogens with zero attached hydrogens (tertiary/aromatic N) is 1. The molecule has 2 heterocycles. The Morgan fingerprint density at radius 2 is 1.24 bits per heavy atom. The first-order chi connectivity index (χ1) is 39.5. The molecule has 9 atom stereocenters. The highest BCUT2D eigenvalue weighted by Gasteiger charge is 2.38. The number of nitrogens with two attached hydrogens (primary N) is 2. The van der Waals surface area contributed by atoms with Crippen LogP contribution in [0.15, 0.2) is 60.8 Å². The number of hydrogen-bond donors (Lipinski definition) is 13. The third kappa shape index (κ3) is 21.9. The molecule has 4 rings (SSSR count). The Morgan fingerprint density at radius 1 is 0.663 bits per heavy atom. The minimum Gasteiger partial charge on any atom is -0.480 e. The molecule has 3 aromatic rings. The molecule has 9 amide bonds. The summed E-state index contributed by atoms with van der Waals surface area (Å²) in [4.78, 5) is 141. The van der Waals surface area contributed by atoms with E-state index in [2.05, 4.69) is 47.5 Å². The van der Waals surface area contributed by atoms with E-state index in [1.165, 1.54) is 16.7 Å². The van der Waals surface area contributed by atoms with Crippen molar-refractivity contribution in [1.29, 1.82) is 0 Å². The quantitative estimate of drug-likeness (QED) is 0.0357. The molecule has 1 fully saturated rings. The second-order valence-electron chi connectivity index (χ2n) is 22.3. The van der Waals surface area contributed by atoms with Crippen LogP contribution in [0.3, 0.4) is 0 Å². The molecule has 0 spiro atoms. The number of para-hydroxylation sites is 1. The van der Waals surface area contributed by atoms with Crippen molar-refractivity contribution in [2.45, 2.75) is 160 Å². The summed E-state index contributed by atoms with van der Waals surface area (Å²) >= 11 is 1.52. The molecule has 83 heavy (non-hydrogen) atoms. The van der Waals surface area contributed by atoms with Crippen LogP contribution in [0.5, 0.6) is 0 Å². The fourth-order valence-electron chi connectivity index (χ4n) is 9.66. The summed E-state index contributed by atoms with van der Waals surface area (Å²) in [5, 5.41) is 42.4. The molecule has 0 radical (unpaired) electrons. The number of amides is 9. The van der Waals surface area contributed by atoms with Crippen LogP contribution in [0.25, 0.3) is 10.9 Å². The van der Waals surface area contributed by atoms with Gasteiger partial charge in [-0.2, -0.15) is 11.8 Å². The van der Waals surface area contributed by atoms with Gasteiger partial charge in [-0.25, -0.2) is 4.79 Å². The zero-order valence-electron chi connectivity index (χ0n) is 48.8. The summed E-state index contributed by atoms with van der Waals surface area (Å²) in [6.45, 7) is 9.65. The summed E-state index contributed by atoms with van der Waals surface area (Å²) in [6, 6.07) is 5.26. The highest BCUT2D eigenvalue weighted by molar-refractivity contribution is 7.98. The van der Waals surface area contributed by atoms with Crippen LogP contribution < -0.4 is 54.0 Å². The van der Waals surface area contributed by atoms with Gasteiger partial charge in [-0.1, -0.05) is 90.1 Å². The molecule has 0 bridgehead atoms. The number of aliphatic hydroxyl groups is 1. The number of benzene rings is 2. The number of unbranched alkanes of at least 4 members (excludes halogenated alkanes) is 1. The van der Waals surface area contributed by atoms with Crippen molar-refractivity contribution in [2.75, 3.05) is 38.2 Å². The SMILES string of the molecule is CSCC[C@H](N)C(=O)N[C@H](C(=O)N[C@@H](Cc1c[nH]c2ccccc12)C(=O)N[C@@H](CO)C(=O)N[C@@H](CCCCN)C(=O)NCC(=O)N1CCC[C@H]1C(=O)N[C@@H](CC(C)C)C(=O)N[C@@H](Cc1ccccc1)C(=O)N[C@@H](CC(C)C)C(=O)O)C(C)C. The summed E-state index contributed by atoms with van der Waals surface area (Å²) < 4.78 is 0. The first kappa shape index (κ1) is 68.4. The molecule has 15 N–H and O–H groups in total. The molecular formula is C58H88N12O12S. The van der Waals surface area contributed by atoms with Crippen molar-refractivity contribution in [3.63, 3.8) is 0 Å². The Labute approximate surface area is 490 Å². The molecule has 458 valence electrons. The minimum absolute atomic E-state index is 0.0224. The lowest BCUT2D eigenvalue weighted by Crippen LogP contribution is -2.60. The Morgan fingerprint density at radius 3 is 1.87 bits per heavy atom. The normalized spacial score (nSPS) is 16.2. The number of carboxylic acids is 1. The zero-order valence-corrected chi connectivity index (χ0v) is 49.6. The minimum atomic E-state index is -1.64. The van der Waals surface area contributed by atoms with E-state index in [1.807, 2.05) is 58.2 Å². The van der Waals surface area contributed by atoms with Gasteiger partial charge < -0.3 is 74.1 Å². The number of H-pyrrole nitrogens is 1. The maximum absolute atomic E-state index is 14.3. The summed E-state index contributed by atoms with van der Waals surface area (Å²) in [6.07, 6.45) is 5.67. The first-order valence-electron chi connectivity index (χ1n) is 28.5. The summed E-state index contributed by atoms with van der Waals surface area (Å²) in [5.41, 5.74) is 14.0. The molecule has 0 aliphatic carbocycles. The molecule has 1 aromatic heterocycles. The molecule has 1 aliphatic heterocycles. The van der Waals surface area contributed by atoms with Crippen LogP contribution in [-0.2, 0) is 60.8 Å². The van der Waals surface area contributed by atoms with E-state index in [9.17, 15) is 58.2 Å². The lowest BCUT2D eigenvalue weighted by Gasteiger charge is -2.29. The summed E-state index contributed by atoms with van der Waals surface area (Å²) in [5.74, 6) is -7.74. The van der Waals surface area contributed by atoms with Crippen molar-refractivity contribution in [3.05, 3.63) is 71.9 Å². The van der Waals surface area contributed by atoms with Crippen molar-refractivity contribution >= 4 is 81.8 Å². The fraction of sp³-hybridized carbons (Fsp3) is 0.586. The van der Waals surface area contributed by atoms with E-state index in [0.717, 1.165) is 10.9 Å². The molecule has 2 aromatic carbocycles. The lowest BCUT2D eigenvalue weighted by molar-refractivity contribution is -0.143. The lowest BCUT2D eigenvalue weighted by atomic mass is 9.99. The number of thioether (sulfide) groups is 1. The molecule has 0 unspecified atom stereocenters. The number of carbonyl (C=O) groups excluding carboxylic acids is 9. The Bertz CT molecular complexity index is 2650. The van der Waals surface area contributed by atoms with Crippen molar-refractivity contribution in [2.24, 2.45) is 29.2 Å². The molecule has 1 aliphatic rings. The van der Waals surface area contributed by atoms with E-state index in [0.29, 0.717) is 42.6 Å². The number of aliphatic carboxylic acids is 1. The van der Waals surface area contributed by atoms with Crippen LogP contribution >= 0.6 is 11.8 Å². The van der Waals surface area contributed by atoms with Gasteiger partial charge in [0.2, 0.25) is 53.2 Å². The van der Waals surface area contributed by atoms with Gasteiger partial charge in [-0.15, -0.1) is 0 Å². The van der Waals surface area contributed by atoms with Crippen LogP contribution in [0.1, 0.15) is 104 Å². The number of aromatic nitrogens is 1. The number of rotatable bonds is 35. The number of fused-ring (bicyclic) bond motifs is 1. The molecule has 25 heteroatoms. The summed E-state index contributed by atoms with van der Waals surface area (Å²) in [7, 11) is 0. The van der Waals surface area contributed by atoms with E-state index >= 15 is 0 Å². The Hall–Kier alpha value is -7.09. The van der Waals surface area contributed by atoms with Gasteiger partial charge >= 0.3 is 5.97 Å². The van der Waals surface area contributed by atoms with Crippen molar-refractivity contribution < 1.29 is 58.2 Å². The van der Waals surface area contributed by atoms with Crippen LogP contribution in [-0.4, -0.2) is 172 Å². The third-order valence-corrected chi connectivity index (χ3v) is 14.9. The molecular weight excluding hydrogens is 1090 g/mol. The van der Waals surface area contributed by atoms with Crippen molar-refractivity contribution in [1.82, 2.24) is 52.4 Å². The van der Waals surface area contributed by atoms with Gasteiger partial charge in [0.15, 0.2) is 0 Å². The number of carbonyl (C=O) groups is 10. The smallest absolute Gasteiger partial charge is 0.326 e. The molecule has 1 saturated heterocycles. The van der Waals surface area contributed by atoms with Crippen LogP contribution in [0.2, 0.25) is 0 Å². The predicted molar refractivity (Wildman–Crippen MR) is 316 cm³/mol. The largest absolute Gasteiger partial charge is 0.480 e. The first-order valence-corrected chi connectivity index (χ1v) is 29.9. The number of hydrogen-bond acceptors (Lipinski definition) is 14. The van der Waals surface area contributed by atoms with E-state index in [1.54, 1.807) is 50.4 Å². The average Bonchev–Trinajstić information content (AvgIpc) is 4.24. The van der Waals surface area contributed by atoms with Crippen molar-refractivity contribution in [3.8, 4) is 0 Å². The number of aromatic amines is 1. The topological polar surface area (TPSA) is 378 Å². The van der Waals surface area contributed by atoms with Gasteiger partial charge in [0.05, 0.1) is 19.2 Å². The highest BCUT2D eigenvalue weighted by atomic mass is 32.2. The second kappa shape index (κ2) is 34.5. The number of likely N-dealkylation sites (tertiary alicyclic amines) is 1. The number of carboxylic acid groups (broad SMARTS) is 1. The zero-order chi connectivity index (χ0) is 61.3. The van der Waals surface area contributed by atoms with Gasteiger partial charge in [0.25, 0.3) is 0 Å². The number of aliphatic hydroxyl groups excluding tert-OH is 1. The second-order valence-corrected chi connectivity index (χ2v) is 23.3. The maximum Gasteiger partial charge on any atom is 0.326 e. The monoisotopic (exact) mass is 1180 g/mol. The van der Waals surface area contributed by atoms with E-state index in [4.69, 9.17) is 11.5 Å². The van der Waals surface area contributed by atoms with Crippen LogP contribution in [0, 0.1) is 17.8 Å². The average molecular weight is 1180 g/mol. The van der Waals surface area contributed by atoms with E-state index < -0.39 is 133 Å². The fourth-order valence-corrected chi connectivity index (χ4v) is 10.1. The van der Waals surface area contributed by atoms with Gasteiger partial charge in [-0.3, -0.25) is 43.2 Å². The Balaban J connectivity index is 1.47. The highest BCUT2D eigenvalue weighted by Crippen LogP contribution is 2.21. The number of nitrogens with one attached hydrogen (secondary N) is 9. The van der Waals surface area contributed by atoms with Crippen LogP contribution in [0.4, 0.5) is 0 Å². The van der Waals surface area contributed by atoms with Gasteiger partial charge in [-0.05, 0) is 105 Å². The molecule has 24 nitrogen and oxygen atoms in total. The molecule has 0 saturated carbocycles. The maximum atomic E-state index is 14.3. The van der Waals surface area contributed by atoms with E-state index in [-0.39, 0.29) is 63.5 Å². The van der Waals surface area contributed by atoms with Gasteiger partial charge in [0, 0.05) is 36.5 Å². The standard InChI is InChI=1S/C58H88N12O12S/c1-33(2)26-42(52(75)64-43(28-36-16-9-8-10-17-36)53(76)67-45(58(81)82)27-34(3)4)65-56(79)47-21-15-24-70(47)48(72)31-62-51(74)41(20-13-14-23-59)63-55(78)46(32-71)68-54(77)44(29-37-30-61-40-19-12-11-18-38(37)40)66-57(80)49(35(5)6)69-50(73)39(60)22-25-83-7/h8-12,16-19,30,33-35,39,41-47,49,61,71H,13-15,20-29,31-32,59-60H2,1-7H3,(H,62,74)(H,63,78)(H,64,75)(H,65,79)(H,66,80)(H,67,76)(H,68,77)(H,69,73)(H,81,82)/t39-,41-,42-,43-,44-,45-,46-,47-,49-/m0/s1. The third-order valence-electron chi connectivity index (χ3n) is 14.2. The predicted octanol–water partition coefficient (Wildman–Crippen LogP) is 0.488. The Kier molecular flexibility index (Phi) is 28.4.